The van der Waals surface area contributed by atoms with Crippen molar-refractivity contribution >= 4 is 28.9 Å². The number of halogens is 1. The van der Waals surface area contributed by atoms with Crippen LogP contribution in [0.2, 0.25) is 5.02 Å². The van der Waals surface area contributed by atoms with Gasteiger partial charge in [-0.15, -0.1) is 0 Å². The van der Waals surface area contributed by atoms with Crippen molar-refractivity contribution in [1.82, 2.24) is 9.88 Å². The van der Waals surface area contributed by atoms with Crippen LogP contribution in [0.25, 0.3) is 0 Å². The van der Waals surface area contributed by atoms with E-state index >= 15 is 0 Å². The number of hydrogen-bond acceptors (Lipinski definition) is 4. The minimum absolute atomic E-state index is 0.0522. The molecule has 2 aromatic rings. The van der Waals surface area contributed by atoms with Crippen molar-refractivity contribution in [2.24, 2.45) is 0 Å². The third-order valence-electron chi connectivity index (χ3n) is 6.01. The maximum atomic E-state index is 13.1. The molecule has 6 heteroatoms. The van der Waals surface area contributed by atoms with Crippen molar-refractivity contribution in [3.05, 3.63) is 52.3 Å². The first kappa shape index (κ1) is 17.0. The van der Waals surface area contributed by atoms with Gasteiger partial charge >= 0.3 is 0 Å². The van der Waals surface area contributed by atoms with Gasteiger partial charge in [-0.25, -0.2) is 4.98 Å². The Kier molecular flexibility index (Phi) is 4.29. The fraction of sp³-hybridized carbons (Fsp3) is 0.429. The van der Waals surface area contributed by atoms with Crippen LogP contribution in [0.1, 0.15) is 52.7 Å². The molecule has 2 fully saturated rings. The lowest BCUT2D eigenvalue weighted by Crippen LogP contribution is -2.41. The van der Waals surface area contributed by atoms with Gasteiger partial charge in [0.1, 0.15) is 5.69 Å². The number of benzene rings is 1. The number of morpholine rings is 1. The van der Waals surface area contributed by atoms with Gasteiger partial charge in [-0.05, 0) is 60.4 Å². The normalized spacial score (nSPS) is 23.4. The third kappa shape index (κ3) is 2.99. The van der Waals surface area contributed by atoms with E-state index in [1.54, 1.807) is 0 Å². The standard InChI is InChI=1S/C21H22ClN3O2/c22-15-2-1-3-16(11-15)24-17-12-23-20(21(26)25-6-8-27-9-7-25)19-14-5-4-13(10-14)18(17)19/h1-3,11-14,24H,4-10H2. The molecule has 0 radical (unpaired) electrons. The zero-order valence-electron chi connectivity index (χ0n) is 15.1. The van der Waals surface area contributed by atoms with Crippen LogP contribution in [0.3, 0.4) is 0 Å². The van der Waals surface area contributed by atoms with Gasteiger partial charge in [-0.3, -0.25) is 4.79 Å². The van der Waals surface area contributed by atoms with E-state index in [1.165, 1.54) is 17.5 Å². The largest absolute Gasteiger partial charge is 0.378 e. The monoisotopic (exact) mass is 383 g/mol. The van der Waals surface area contributed by atoms with Crippen LogP contribution in [-0.2, 0) is 4.74 Å². The molecule has 1 saturated carbocycles. The lowest BCUT2D eigenvalue weighted by molar-refractivity contribution is 0.0298. The zero-order chi connectivity index (χ0) is 18.4. The van der Waals surface area contributed by atoms with E-state index in [-0.39, 0.29) is 5.91 Å². The van der Waals surface area contributed by atoms with Crippen molar-refractivity contribution in [1.29, 1.82) is 0 Å². The molecule has 1 aromatic heterocycles. The number of hydrogen-bond donors (Lipinski definition) is 1. The van der Waals surface area contributed by atoms with Crippen molar-refractivity contribution in [2.75, 3.05) is 31.6 Å². The maximum Gasteiger partial charge on any atom is 0.272 e. The third-order valence-corrected chi connectivity index (χ3v) is 6.25. The summed E-state index contributed by atoms with van der Waals surface area (Å²) in [6.07, 6.45) is 5.31. The molecule has 140 valence electrons. The Morgan fingerprint density at radius 3 is 2.74 bits per heavy atom. The summed E-state index contributed by atoms with van der Waals surface area (Å²) in [4.78, 5) is 19.6. The van der Waals surface area contributed by atoms with Crippen molar-refractivity contribution in [3.8, 4) is 0 Å². The highest BCUT2D eigenvalue weighted by molar-refractivity contribution is 6.30. The molecular weight excluding hydrogens is 362 g/mol. The second kappa shape index (κ2) is 6.80. The molecule has 5 nitrogen and oxygen atoms in total. The molecule has 1 saturated heterocycles. The summed E-state index contributed by atoms with van der Waals surface area (Å²) in [5.74, 6) is 1.03. The molecule has 1 aromatic carbocycles. The first-order chi connectivity index (χ1) is 13.2. The number of pyridine rings is 1. The molecule has 3 aliphatic rings. The molecule has 1 N–H and O–H groups in total. The molecular formula is C21H22ClN3O2. The highest BCUT2D eigenvalue weighted by Gasteiger charge is 2.42. The first-order valence-electron chi connectivity index (χ1n) is 9.63. The highest BCUT2D eigenvalue weighted by Crippen LogP contribution is 2.56. The second-order valence-corrected chi connectivity index (χ2v) is 8.03. The quantitative estimate of drug-likeness (QED) is 0.857. The minimum atomic E-state index is 0.0522. The molecule has 1 amide bonds. The fourth-order valence-corrected chi connectivity index (χ4v) is 5.00. The Labute approximate surface area is 163 Å². The van der Waals surface area contributed by atoms with Crippen LogP contribution >= 0.6 is 11.6 Å². The van der Waals surface area contributed by atoms with E-state index in [9.17, 15) is 4.79 Å². The van der Waals surface area contributed by atoms with Gasteiger partial charge in [0.2, 0.25) is 0 Å². The van der Waals surface area contributed by atoms with Gasteiger partial charge < -0.3 is 15.0 Å². The number of ether oxygens (including phenoxy) is 1. The number of fused-ring (bicyclic) bond motifs is 5. The van der Waals surface area contributed by atoms with Crippen LogP contribution in [0.5, 0.6) is 0 Å². The number of nitrogens with zero attached hydrogens (tertiary/aromatic N) is 2. The number of nitrogens with one attached hydrogen (secondary N) is 1. The second-order valence-electron chi connectivity index (χ2n) is 7.59. The molecule has 2 unspecified atom stereocenters. The number of carbonyl (C=O) groups is 1. The van der Waals surface area contributed by atoms with E-state index < -0.39 is 0 Å². The van der Waals surface area contributed by atoms with Gasteiger partial charge in [0.05, 0.1) is 25.1 Å². The molecule has 0 spiro atoms. The number of carbonyl (C=O) groups excluding carboxylic acids is 1. The Hall–Kier alpha value is -2.11. The number of aromatic nitrogens is 1. The topological polar surface area (TPSA) is 54.5 Å². The van der Waals surface area contributed by atoms with E-state index in [1.807, 2.05) is 35.4 Å². The number of amides is 1. The van der Waals surface area contributed by atoms with Crippen molar-refractivity contribution in [3.63, 3.8) is 0 Å². The smallest absolute Gasteiger partial charge is 0.272 e. The Morgan fingerprint density at radius 1 is 1.19 bits per heavy atom. The Morgan fingerprint density at radius 2 is 1.96 bits per heavy atom. The predicted molar refractivity (Wildman–Crippen MR) is 105 cm³/mol. The molecule has 2 aliphatic carbocycles. The Bertz CT molecular complexity index is 895. The molecule has 1 aliphatic heterocycles. The average molecular weight is 384 g/mol. The van der Waals surface area contributed by atoms with E-state index in [0.717, 1.165) is 24.2 Å². The predicted octanol–water partition coefficient (Wildman–Crippen LogP) is 4.32. The van der Waals surface area contributed by atoms with E-state index in [2.05, 4.69) is 10.3 Å². The maximum absolute atomic E-state index is 13.1. The molecule has 27 heavy (non-hydrogen) atoms. The van der Waals surface area contributed by atoms with Crippen LogP contribution in [0, 0.1) is 0 Å². The lowest BCUT2D eigenvalue weighted by Gasteiger charge is -2.29. The number of rotatable bonds is 3. The molecule has 2 bridgehead atoms. The van der Waals surface area contributed by atoms with Crippen LogP contribution < -0.4 is 5.32 Å². The summed E-state index contributed by atoms with van der Waals surface area (Å²) in [6, 6.07) is 7.70. The molecule has 5 rings (SSSR count). The summed E-state index contributed by atoms with van der Waals surface area (Å²) in [6.45, 7) is 2.50. The lowest BCUT2D eigenvalue weighted by atomic mass is 9.89. The van der Waals surface area contributed by atoms with Crippen LogP contribution in [-0.4, -0.2) is 42.1 Å². The Balaban J connectivity index is 1.53. The SMILES string of the molecule is O=C(c1ncc(Nc2cccc(Cl)c2)c2c1C1CCC2C1)N1CCOCC1. The summed E-state index contributed by atoms with van der Waals surface area (Å²) in [5.41, 5.74) is 5.07. The van der Waals surface area contributed by atoms with Gasteiger partial charge in [0.15, 0.2) is 0 Å². The summed E-state index contributed by atoms with van der Waals surface area (Å²) < 4.78 is 5.39. The summed E-state index contributed by atoms with van der Waals surface area (Å²) >= 11 is 6.13. The number of anilines is 2. The average Bonchev–Trinajstić information content (AvgIpc) is 3.31. The van der Waals surface area contributed by atoms with Crippen LogP contribution in [0.15, 0.2) is 30.5 Å². The zero-order valence-corrected chi connectivity index (χ0v) is 15.8. The van der Waals surface area contributed by atoms with Crippen molar-refractivity contribution < 1.29 is 9.53 Å². The summed E-state index contributed by atoms with van der Waals surface area (Å²) in [5, 5.41) is 4.18. The van der Waals surface area contributed by atoms with Gasteiger partial charge in [-0.1, -0.05) is 17.7 Å². The summed E-state index contributed by atoms with van der Waals surface area (Å²) in [7, 11) is 0. The molecule has 2 heterocycles. The van der Waals surface area contributed by atoms with Gasteiger partial charge in [0, 0.05) is 23.8 Å². The van der Waals surface area contributed by atoms with Crippen molar-refractivity contribution in [2.45, 2.75) is 31.1 Å². The minimum Gasteiger partial charge on any atom is -0.378 e. The first-order valence-corrected chi connectivity index (χ1v) is 10.0. The van der Waals surface area contributed by atoms with E-state index in [4.69, 9.17) is 16.3 Å². The molecule has 2 atom stereocenters. The van der Waals surface area contributed by atoms with E-state index in [0.29, 0.717) is 48.9 Å². The van der Waals surface area contributed by atoms with Gasteiger partial charge in [-0.2, -0.15) is 0 Å². The highest BCUT2D eigenvalue weighted by atomic mass is 35.5. The fourth-order valence-electron chi connectivity index (χ4n) is 4.81. The van der Waals surface area contributed by atoms with Crippen LogP contribution in [0.4, 0.5) is 11.4 Å². The van der Waals surface area contributed by atoms with Gasteiger partial charge in [0.25, 0.3) is 5.91 Å².